The van der Waals surface area contributed by atoms with Gasteiger partial charge in [0.25, 0.3) is 0 Å². The van der Waals surface area contributed by atoms with E-state index >= 15 is 0 Å². The molecule has 9 heteroatoms. The second-order valence-corrected chi connectivity index (χ2v) is 8.86. The fraction of sp³-hybridized carbons (Fsp3) is 0.421. The Morgan fingerprint density at radius 3 is 2.50 bits per heavy atom. The highest BCUT2D eigenvalue weighted by Gasteiger charge is 2.27. The molecular weight excluding hydrogens is 378 g/mol. The van der Waals surface area contributed by atoms with Crippen molar-refractivity contribution in [3.05, 3.63) is 53.9 Å². The maximum absolute atomic E-state index is 12.5. The number of nitrogens with zero attached hydrogens (tertiary/aromatic N) is 4. The van der Waals surface area contributed by atoms with E-state index in [2.05, 4.69) is 15.3 Å². The van der Waals surface area contributed by atoms with Gasteiger partial charge >= 0.3 is 0 Å². The van der Waals surface area contributed by atoms with Crippen LogP contribution in [0.2, 0.25) is 0 Å². The molecular formula is C19H25N5O3S. The van der Waals surface area contributed by atoms with E-state index in [9.17, 15) is 13.2 Å². The first-order valence-electron chi connectivity index (χ1n) is 9.26. The summed E-state index contributed by atoms with van der Waals surface area (Å²) in [4.78, 5) is 22.4. The highest BCUT2D eigenvalue weighted by Crippen LogP contribution is 2.12. The second-order valence-electron chi connectivity index (χ2n) is 6.77. The van der Waals surface area contributed by atoms with Gasteiger partial charge in [-0.2, -0.15) is 4.31 Å². The molecule has 150 valence electrons. The summed E-state index contributed by atoms with van der Waals surface area (Å²) in [5, 5.41) is 2.71. The summed E-state index contributed by atoms with van der Waals surface area (Å²) in [6.07, 6.45) is 3.59. The summed E-state index contributed by atoms with van der Waals surface area (Å²) in [6, 6.07) is 9.46. The van der Waals surface area contributed by atoms with Crippen LogP contribution in [0.25, 0.3) is 0 Å². The van der Waals surface area contributed by atoms with Crippen LogP contribution in [0.4, 0.5) is 5.95 Å². The number of anilines is 1. The molecule has 0 spiro atoms. The Labute approximate surface area is 165 Å². The lowest BCUT2D eigenvalue weighted by Gasteiger charge is -2.33. The van der Waals surface area contributed by atoms with E-state index in [1.54, 1.807) is 18.5 Å². The topological polar surface area (TPSA) is 95.5 Å². The standard InChI is InChI=1S/C19H25N5O3S/c1-16-4-2-5-17(14-16)15-18(25)20-8-13-28(26,27)24-11-9-23(10-12-24)19-21-6-3-7-22-19/h2-7,14H,8-13,15H2,1H3,(H,20,25). The molecule has 0 aliphatic carbocycles. The van der Waals surface area contributed by atoms with Gasteiger partial charge in [0, 0.05) is 45.1 Å². The van der Waals surface area contributed by atoms with Gasteiger partial charge in [0.15, 0.2) is 0 Å². The largest absolute Gasteiger partial charge is 0.355 e. The number of amides is 1. The molecule has 8 nitrogen and oxygen atoms in total. The highest BCUT2D eigenvalue weighted by molar-refractivity contribution is 7.89. The Bertz CT molecular complexity index is 897. The van der Waals surface area contributed by atoms with Crippen molar-refractivity contribution in [2.75, 3.05) is 43.4 Å². The molecule has 1 fully saturated rings. The molecule has 0 atom stereocenters. The van der Waals surface area contributed by atoms with E-state index in [4.69, 9.17) is 0 Å². The van der Waals surface area contributed by atoms with Gasteiger partial charge in [-0.05, 0) is 18.6 Å². The molecule has 1 aromatic carbocycles. The van der Waals surface area contributed by atoms with Crippen molar-refractivity contribution >= 4 is 21.9 Å². The average molecular weight is 404 g/mol. The second kappa shape index (κ2) is 9.11. The number of nitrogens with one attached hydrogen (secondary N) is 1. The fourth-order valence-electron chi connectivity index (χ4n) is 3.14. The van der Waals surface area contributed by atoms with Crippen molar-refractivity contribution in [1.29, 1.82) is 0 Å². The zero-order valence-corrected chi connectivity index (χ0v) is 16.7. The Hall–Kier alpha value is -2.52. The number of carbonyl (C=O) groups is 1. The van der Waals surface area contributed by atoms with Gasteiger partial charge in [-0.15, -0.1) is 0 Å². The minimum absolute atomic E-state index is 0.103. The Morgan fingerprint density at radius 2 is 1.82 bits per heavy atom. The molecule has 2 aromatic rings. The van der Waals surface area contributed by atoms with Crippen LogP contribution in [0.1, 0.15) is 11.1 Å². The van der Waals surface area contributed by atoms with Crippen LogP contribution in [0, 0.1) is 6.92 Å². The number of hydrogen-bond donors (Lipinski definition) is 1. The molecule has 1 aliphatic rings. The van der Waals surface area contributed by atoms with Crippen molar-refractivity contribution in [1.82, 2.24) is 19.6 Å². The van der Waals surface area contributed by atoms with E-state index in [1.165, 1.54) is 4.31 Å². The number of hydrogen-bond acceptors (Lipinski definition) is 6. The Morgan fingerprint density at radius 1 is 1.11 bits per heavy atom. The predicted octanol–water partition coefficient (Wildman–Crippen LogP) is 0.596. The van der Waals surface area contributed by atoms with Gasteiger partial charge in [-0.25, -0.2) is 18.4 Å². The molecule has 2 heterocycles. The summed E-state index contributed by atoms with van der Waals surface area (Å²) < 4.78 is 26.5. The van der Waals surface area contributed by atoms with Crippen molar-refractivity contribution in [3.63, 3.8) is 0 Å². The van der Waals surface area contributed by atoms with E-state index in [0.29, 0.717) is 32.1 Å². The quantitative estimate of drug-likeness (QED) is 0.727. The number of aryl methyl sites for hydroxylation is 1. The first-order chi connectivity index (χ1) is 13.4. The molecule has 1 aromatic heterocycles. The maximum atomic E-state index is 12.5. The van der Waals surface area contributed by atoms with E-state index in [1.807, 2.05) is 36.1 Å². The average Bonchev–Trinajstić information content (AvgIpc) is 2.68. The van der Waals surface area contributed by atoms with Gasteiger partial charge in [0.1, 0.15) is 0 Å². The third kappa shape index (κ3) is 5.49. The summed E-state index contributed by atoms with van der Waals surface area (Å²) in [5.74, 6) is 0.337. The molecule has 1 aliphatic heterocycles. The van der Waals surface area contributed by atoms with Gasteiger partial charge < -0.3 is 10.2 Å². The third-order valence-corrected chi connectivity index (χ3v) is 6.47. The molecule has 0 unspecified atom stereocenters. The van der Waals surface area contributed by atoms with Crippen LogP contribution in [-0.2, 0) is 21.2 Å². The van der Waals surface area contributed by atoms with E-state index in [-0.39, 0.29) is 24.6 Å². The third-order valence-electron chi connectivity index (χ3n) is 4.60. The van der Waals surface area contributed by atoms with Gasteiger partial charge in [0.05, 0.1) is 12.2 Å². The number of sulfonamides is 1. The number of carbonyl (C=O) groups excluding carboxylic acids is 1. The fourth-order valence-corrected chi connectivity index (χ4v) is 4.48. The Kier molecular flexibility index (Phi) is 6.58. The van der Waals surface area contributed by atoms with Crippen LogP contribution < -0.4 is 10.2 Å². The first kappa shape index (κ1) is 20.2. The van der Waals surface area contributed by atoms with Crippen molar-refractivity contribution in [2.45, 2.75) is 13.3 Å². The van der Waals surface area contributed by atoms with Gasteiger partial charge in [-0.3, -0.25) is 4.79 Å². The van der Waals surface area contributed by atoms with E-state index < -0.39 is 10.0 Å². The number of aromatic nitrogens is 2. The van der Waals surface area contributed by atoms with Crippen LogP contribution in [-0.4, -0.2) is 67.1 Å². The maximum Gasteiger partial charge on any atom is 0.225 e. The number of rotatable bonds is 7. The smallest absolute Gasteiger partial charge is 0.225 e. The SMILES string of the molecule is Cc1cccc(CC(=O)NCCS(=O)(=O)N2CCN(c3ncccn3)CC2)c1. The molecule has 0 saturated carbocycles. The lowest BCUT2D eigenvalue weighted by Crippen LogP contribution is -2.50. The highest BCUT2D eigenvalue weighted by atomic mass is 32.2. The normalized spacial score (nSPS) is 15.4. The first-order valence-corrected chi connectivity index (χ1v) is 10.9. The van der Waals surface area contributed by atoms with Crippen LogP contribution in [0.15, 0.2) is 42.7 Å². The summed E-state index contributed by atoms with van der Waals surface area (Å²) in [6.45, 7) is 3.94. The molecule has 0 bridgehead atoms. The monoisotopic (exact) mass is 403 g/mol. The molecule has 1 N–H and O–H groups in total. The summed E-state index contributed by atoms with van der Waals surface area (Å²) in [5.41, 5.74) is 2.01. The summed E-state index contributed by atoms with van der Waals surface area (Å²) >= 11 is 0. The zero-order chi connectivity index (χ0) is 20.0. The lowest BCUT2D eigenvalue weighted by atomic mass is 10.1. The number of benzene rings is 1. The zero-order valence-electron chi connectivity index (χ0n) is 15.9. The van der Waals surface area contributed by atoms with Crippen LogP contribution in [0.3, 0.4) is 0 Å². The van der Waals surface area contributed by atoms with Crippen LogP contribution in [0.5, 0.6) is 0 Å². The predicted molar refractivity (Wildman–Crippen MR) is 107 cm³/mol. The molecule has 0 radical (unpaired) electrons. The molecule has 1 saturated heterocycles. The van der Waals surface area contributed by atoms with Crippen molar-refractivity contribution in [3.8, 4) is 0 Å². The van der Waals surface area contributed by atoms with E-state index in [0.717, 1.165) is 11.1 Å². The minimum Gasteiger partial charge on any atom is -0.355 e. The summed E-state index contributed by atoms with van der Waals surface area (Å²) in [7, 11) is -3.41. The minimum atomic E-state index is -3.41. The van der Waals surface area contributed by atoms with Gasteiger partial charge in [-0.1, -0.05) is 29.8 Å². The van der Waals surface area contributed by atoms with Crippen molar-refractivity contribution in [2.24, 2.45) is 0 Å². The lowest BCUT2D eigenvalue weighted by molar-refractivity contribution is -0.120. The number of piperazine rings is 1. The van der Waals surface area contributed by atoms with Gasteiger partial charge in [0.2, 0.25) is 21.9 Å². The Balaban J connectivity index is 1.43. The van der Waals surface area contributed by atoms with Crippen molar-refractivity contribution < 1.29 is 13.2 Å². The molecule has 1 amide bonds. The molecule has 28 heavy (non-hydrogen) atoms. The molecule has 3 rings (SSSR count). The van der Waals surface area contributed by atoms with Crippen LogP contribution >= 0.6 is 0 Å².